The van der Waals surface area contributed by atoms with Gasteiger partial charge < -0.3 is 20.1 Å². The molecule has 4 atom stereocenters. The van der Waals surface area contributed by atoms with Gasteiger partial charge in [-0.15, -0.1) is 0 Å². The standard InChI is InChI=1S/C10H13FN2O6/c1-4-2-13(9(17)12-7(4)16)8-10(11,18)6(15)5(3-14)19-8/h2,5-6,8,14-15,18H,3H2,1H3,(H,12,16,17)/t5-,6-,8?,10+/m1/s1. The summed E-state index contributed by atoms with van der Waals surface area (Å²) in [6.45, 7) is 0.641. The number of alkyl halides is 1. The molecule has 1 unspecified atom stereocenters. The minimum atomic E-state index is -3.26. The smallest absolute Gasteiger partial charge is 0.330 e. The molecule has 1 fully saturated rings. The van der Waals surface area contributed by atoms with Gasteiger partial charge in [0.1, 0.15) is 12.2 Å². The van der Waals surface area contributed by atoms with Crippen LogP contribution in [0.3, 0.4) is 0 Å². The lowest BCUT2D eigenvalue weighted by molar-refractivity contribution is -0.197. The summed E-state index contributed by atoms with van der Waals surface area (Å²) in [6.07, 6.45) is -4.24. The fourth-order valence-electron chi connectivity index (χ4n) is 1.91. The van der Waals surface area contributed by atoms with Crippen LogP contribution in [0.2, 0.25) is 0 Å². The Hall–Kier alpha value is -1.55. The van der Waals surface area contributed by atoms with Gasteiger partial charge in [-0.25, -0.2) is 9.18 Å². The third-order valence-corrected chi connectivity index (χ3v) is 3.00. The summed E-state index contributed by atoms with van der Waals surface area (Å²) in [6, 6.07) is 0. The number of H-pyrrole nitrogens is 1. The molecule has 0 saturated carbocycles. The second kappa shape index (κ2) is 4.53. The predicted molar refractivity (Wildman–Crippen MR) is 59.1 cm³/mol. The van der Waals surface area contributed by atoms with Crippen molar-refractivity contribution in [1.82, 2.24) is 9.55 Å². The highest BCUT2D eigenvalue weighted by molar-refractivity contribution is 5.04. The lowest BCUT2D eigenvalue weighted by Crippen LogP contribution is -2.46. The number of aliphatic hydroxyl groups excluding tert-OH is 2. The largest absolute Gasteiger partial charge is 0.394 e. The minimum absolute atomic E-state index is 0.0981. The molecule has 2 rings (SSSR count). The maximum Gasteiger partial charge on any atom is 0.330 e. The lowest BCUT2D eigenvalue weighted by atomic mass is 10.1. The van der Waals surface area contributed by atoms with Gasteiger partial charge in [-0.2, -0.15) is 0 Å². The number of hydrogen-bond acceptors (Lipinski definition) is 6. The summed E-state index contributed by atoms with van der Waals surface area (Å²) < 4.78 is 19.6. The first kappa shape index (κ1) is 13.9. The third kappa shape index (κ3) is 2.10. The topological polar surface area (TPSA) is 125 Å². The van der Waals surface area contributed by atoms with Crippen LogP contribution in [0.4, 0.5) is 4.39 Å². The second-order valence-corrected chi connectivity index (χ2v) is 4.36. The predicted octanol–water partition coefficient (Wildman–Crippen LogP) is -2.25. The fourth-order valence-corrected chi connectivity index (χ4v) is 1.91. The molecule has 1 aliphatic heterocycles. The Kier molecular flexibility index (Phi) is 3.31. The molecule has 19 heavy (non-hydrogen) atoms. The molecule has 8 nitrogen and oxygen atoms in total. The molecule has 106 valence electrons. The zero-order valence-corrected chi connectivity index (χ0v) is 9.91. The van der Waals surface area contributed by atoms with E-state index in [1.165, 1.54) is 6.92 Å². The SMILES string of the molecule is Cc1cn(C2O[C@H](CO)[C@@H](O)[C@@]2(O)F)c(=O)[nH]c1=O. The molecular formula is C10H13FN2O6. The van der Waals surface area contributed by atoms with Crippen molar-refractivity contribution < 1.29 is 24.4 Å². The van der Waals surface area contributed by atoms with Crippen LogP contribution in [-0.2, 0) is 4.74 Å². The van der Waals surface area contributed by atoms with Crippen molar-refractivity contribution in [3.8, 4) is 0 Å². The highest BCUT2D eigenvalue weighted by Crippen LogP contribution is 2.38. The first-order valence-corrected chi connectivity index (χ1v) is 5.46. The molecule has 0 bridgehead atoms. The summed E-state index contributed by atoms with van der Waals surface area (Å²) in [5.74, 6) is -3.26. The van der Waals surface area contributed by atoms with Gasteiger partial charge in [0, 0.05) is 11.8 Å². The van der Waals surface area contributed by atoms with Gasteiger partial charge in [0.05, 0.1) is 6.61 Å². The zero-order chi connectivity index (χ0) is 14.4. The monoisotopic (exact) mass is 276 g/mol. The number of nitrogens with one attached hydrogen (secondary N) is 1. The highest BCUT2D eigenvalue weighted by Gasteiger charge is 2.57. The molecule has 0 spiro atoms. The number of ether oxygens (including phenoxy) is 1. The molecular weight excluding hydrogens is 263 g/mol. The van der Waals surface area contributed by atoms with Gasteiger partial charge in [-0.3, -0.25) is 14.3 Å². The van der Waals surface area contributed by atoms with Gasteiger partial charge in [-0.05, 0) is 6.92 Å². The summed E-state index contributed by atoms with van der Waals surface area (Å²) in [4.78, 5) is 24.7. The summed E-state index contributed by atoms with van der Waals surface area (Å²) in [7, 11) is 0. The van der Waals surface area contributed by atoms with E-state index in [4.69, 9.17) is 9.84 Å². The van der Waals surface area contributed by atoms with Gasteiger partial charge in [-0.1, -0.05) is 0 Å². The Bertz CT molecular complexity index is 594. The van der Waals surface area contributed by atoms with Gasteiger partial charge in [0.2, 0.25) is 0 Å². The first-order valence-electron chi connectivity index (χ1n) is 5.46. The van der Waals surface area contributed by atoms with E-state index in [1.54, 1.807) is 0 Å². The van der Waals surface area contributed by atoms with Crippen molar-refractivity contribution in [2.75, 3.05) is 6.61 Å². The van der Waals surface area contributed by atoms with Gasteiger partial charge >= 0.3 is 5.69 Å². The van der Waals surface area contributed by atoms with Crippen LogP contribution >= 0.6 is 0 Å². The van der Waals surface area contributed by atoms with E-state index in [2.05, 4.69) is 0 Å². The van der Waals surface area contributed by atoms with Crippen LogP contribution < -0.4 is 11.2 Å². The number of aryl methyl sites for hydroxylation is 1. The summed E-state index contributed by atoms with van der Waals surface area (Å²) >= 11 is 0. The van der Waals surface area contributed by atoms with E-state index in [-0.39, 0.29) is 5.56 Å². The normalized spacial score (nSPS) is 34.7. The van der Waals surface area contributed by atoms with Crippen LogP contribution in [-0.4, -0.2) is 49.5 Å². The average Bonchev–Trinajstić information content (AvgIpc) is 2.56. The Morgan fingerprint density at radius 1 is 1.58 bits per heavy atom. The molecule has 2 heterocycles. The Morgan fingerprint density at radius 2 is 2.21 bits per heavy atom. The van der Waals surface area contributed by atoms with E-state index >= 15 is 0 Å². The Balaban J connectivity index is 2.51. The molecule has 0 radical (unpaired) electrons. The van der Waals surface area contributed by atoms with E-state index < -0.39 is 42.1 Å². The lowest BCUT2D eigenvalue weighted by Gasteiger charge is -2.23. The van der Waals surface area contributed by atoms with Crippen LogP contribution in [0.25, 0.3) is 0 Å². The number of rotatable bonds is 2. The number of aromatic amines is 1. The highest BCUT2D eigenvalue weighted by atomic mass is 19.2. The van der Waals surface area contributed by atoms with Crippen LogP contribution in [0.5, 0.6) is 0 Å². The second-order valence-electron chi connectivity index (χ2n) is 4.36. The average molecular weight is 276 g/mol. The van der Waals surface area contributed by atoms with E-state index in [1.807, 2.05) is 4.98 Å². The van der Waals surface area contributed by atoms with E-state index in [0.29, 0.717) is 4.57 Å². The van der Waals surface area contributed by atoms with Crippen molar-refractivity contribution >= 4 is 0 Å². The Labute approximate surface area is 105 Å². The van der Waals surface area contributed by atoms with Crippen molar-refractivity contribution in [3.05, 3.63) is 32.6 Å². The Morgan fingerprint density at radius 3 is 2.74 bits per heavy atom. The molecule has 0 amide bonds. The number of nitrogens with zero attached hydrogens (tertiary/aromatic N) is 1. The van der Waals surface area contributed by atoms with Crippen molar-refractivity contribution in [2.24, 2.45) is 0 Å². The number of aliphatic hydroxyl groups is 3. The quantitative estimate of drug-likeness (QED) is 0.484. The number of halogens is 1. The minimum Gasteiger partial charge on any atom is -0.394 e. The van der Waals surface area contributed by atoms with Gasteiger partial charge in [0.15, 0.2) is 6.23 Å². The fraction of sp³-hybridized carbons (Fsp3) is 0.600. The molecule has 1 saturated heterocycles. The van der Waals surface area contributed by atoms with Crippen LogP contribution in [0.1, 0.15) is 11.8 Å². The maximum atomic E-state index is 14.0. The first-order chi connectivity index (χ1) is 8.78. The molecule has 1 aromatic heterocycles. The molecule has 0 aromatic carbocycles. The number of hydrogen-bond donors (Lipinski definition) is 4. The van der Waals surface area contributed by atoms with E-state index in [0.717, 1.165) is 6.20 Å². The molecule has 0 aliphatic carbocycles. The number of aromatic nitrogens is 2. The van der Waals surface area contributed by atoms with E-state index in [9.17, 15) is 24.2 Å². The molecule has 4 N–H and O–H groups in total. The summed E-state index contributed by atoms with van der Waals surface area (Å²) in [5, 5.41) is 27.9. The van der Waals surface area contributed by atoms with Gasteiger partial charge in [0.25, 0.3) is 11.4 Å². The van der Waals surface area contributed by atoms with Crippen LogP contribution in [0, 0.1) is 6.92 Å². The zero-order valence-electron chi connectivity index (χ0n) is 9.91. The molecule has 1 aliphatic rings. The van der Waals surface area contributed by atoms with Crippen LogP contribution in [0.15, 0.2) is 15.8 Å². The van der Waals surface area contributed by atoms with Crippen molar-refractivity contribution in [2.45, 2.75) is 31.2 Å². The molecule has 9 heteroatoms. The summed E-state index contributed by atoms with van der Waals surface area (Å²) in [5.41, 5.74) is -1.55. The maximum absolute atomic E-state index is 14.0. The van der Waals surface area contributed by atoms with Crippen molar-refractivity contribution in [3.63, 3.8) is 0 Å². The molecule has 1 aromatic rings. The third-order valence-electron chi connectivity index (χ3n) is 3.00. The van der Waals surface area contributed by atoms with Crippen molar-refractivity contribution in [1.29, 1.82) is 0 Å².